The molecular weight excluding hydrogens is 496 g/mol. The van der Waals surface area contributed by atoms with Crippen LogP contribution >= 0.6 is 0 Å². The van der Waals surface area contributed by atoms with Crippen molar-refractivity contribution in [1.82, 2.24) is 20.0 Å². The third-order valence-electron chi connectivity index (χ3n) is 7.87. The Kier molecular flexibility index (Phi) is 7.88. The molecule has 9 heteroatoms. The summed E-state index contributed by atoms with van der Waals surface area (Å²) in [4.78, 5) is 46.6. The summed E-state index contributed by atoms with van der Waals surface area (Å²) >= 11 is 0. The van der Waals surface area contributed by atoms with Gasteiger partial charge >= 0.3 is 0 Å². The fourth-order valence-electron chi connectivity index (χ4n) is 5.82. The topological polar surface area (TPSA) is 91.4 Å². The molecule has 0 radical (unpaired) electrons. The molecule has 2 aromatic rings. The molecule has 3 amide bonds. The molecule has 2 aromatic carbocycles. The van der Waals surface area contributed by atoms with Crippen molar-refractivity contribution in [2.45, 2.75) is 49.9 Å². The summed E-state index contributed by atoms with van der Waals surface area (Å²) < 4.78 is 11.9. The van der Waals surface area contributed by atoms with E-state index in [1.807, 2.05) is 55.4 Å². The van der Waals surface area contributed by atoms with Gasteiger partial charge < -0.3 is 24.6 Å². The Labute approximate surface area is 229 Å². The minimum Gasteiger partial charge on any atom is -0.496 e. The normalized spacial score (nSPS) is 23.6. The van der Waals surface area contributed by atoms with Gasteiger partial charge in [-0.05, 0) is 63.2 Å². The summed E-state index contributed by atoms with van der Waals surface area (Å²) in [5.74, 6) is 0.614. The van der Waals surface area contributed by atoms with Crippen molar-refractivity contribution in [3.63, 3.8) is 0 Å². The van der Waals surface area contributed by atoms with Crippen LogP contribution in [0.15, 0.2) is 54.7 Å². The second kappa shape index (κ2) is 11.5. The number of likely N-dealkylation sites (tertiary alicyclic amines) is 1. The zero-order valence-corrected chi connectivity index (χ0v) is 22.7. The van der Waals surface area contributed by atoms with E-state index in [1.54, 1.807) is 41.3 Å². The third kappa shape index (κ3) is 5.49. The first kappa shape index (κ1) is 26.7. The molecule has 2 fully saturated rings. The highest BCUT2D eigenvalue weighted by Crippen LogP contribution is 2.32. The number of nitrogens with one attached hydrogen (secondary N) is 1. The maximum Gasteiger partial charge on any atom is 0.249 e. The summed E-state index contributed by atoms with van der Waals surface area (Å²) in [5, 5.41) is 2.83. The van der Waals surface area contributed by atoms with Crippen LogP contribution in [0, 0.1) is 0 Å². The molecule has 0 spiro atoms. The van der Waals surface area contributed by atoms with Crippen LogP contribution in [0.2, 0.25) is 0 Å². The first-order valence-electron chi connectivity index (χ1n) is 13.5. The highest BCUT2D eigenvalue weighted by molar-refractivity contribution is 5.95. The van der Waals surface area contributed by atoms with Gasteiger partial charge in [0.2, 0.25) is 17.7 Å². The molecule has 2 bridgehead atoms. The molecule has 0 aromatic heterocycles. The van der Waals surface area contributed by atoms with Crippen LogP contribution in [0.3, 0.4) is 0 Å². The van der Waals surface area contributed by atoms with Gasteiger partial charge in [0.05, 0.1) is 13.2 Å². The Balaban J connectivity index is 1.50. The van der Waals surface area contributed by atoms with E-state index in [1.165, 1.54) is 0 Å². The van der Waals surface area contributed by atoms with Crippen LogP contribution in [-0.2, 0) is 20.8 Å². The molecule has 9 nitrogen and oxygen atoms in total. The predicted molar refractivity (Wildman–Crippen MR) is 147 cm³/mol. The van der Waals surface area contributed by atoms with Gasteiger partial charge in [-0.15, -0.1) is 0 Å². The Morgan fingerprint density at radius 2 is 1.92 bits per heavy atom. The van der Waals surface area contributed by atoms with Gasteiger partial charge in [0, 0.05) is 31.3 Å². The van der Waals surface area contributed by atoms with Crippen molar-refractivity contribution < 1.29 is 23.9 Å². The number of hydrogen-bond acceptors (Lipinski definition) is 6. The average Bonchev–Trinajstić information content (AvgIpc) is 3.59. The van der Waals surface area contributed by atoms with Gasteiger partial charge in [-0.25, -0.2) is 0 Å². The zero-order chi connectivity index (χ0) is 27.5. The lowest BCUT2D eigenvalue weighted by atomic mass is 10.0. The van der Waals surface area contributed by atoms with E-state index in [2.05, 4.69) is 5.32 Å². The van der Waals surface area contributed by atoms with Crippen LogP contribution < -0.4 is 14.8 Å². The molecule has 1 N–H and O–H groups in total. The molecule has 2 saturated heterocycles. The first-order valence-corrected chi connectivity index (χ1v) is 13.5. The quantitative estimate of drug-likeness (QED) is 0.636. The average molecular weight is 533 g/mol. The SMILES string of the molecule is COc1ccc2cc1C=CNC(=O)C1CCCN1C(=O)C1C(CCN1C(=O)C(Cc1ccccc1)N(C)C)O2. The van der Waals surface area contributed by atoms with E-state index in [0.717, 1.165) is 17.5 Å². The number of ether oxygens (including phenoxy) is 2. The summed E-state index contributed by atoms with van der Waals surface area (Å²) in [5.41, 5.74) is 1.79. The van der Waals surface area contributed by atoms with Gasteiger partial charge in [0.1, 0.15) is 29.7 Å². The number of nitrogens with zero attached hydrogens (tertiary/aromatic N) is 3. The van der Waals surface area contributed by atoms with Crippen LogP contribution in [0.25, 0.3) is 6.08 Å². The van der Waals surface area contributed by atoms with E-state index in [4.69, 9.17) is 9.47 Å². The number of rotatable bonds is 5. The molecule has 3 aliphatic rings. The van der Waals surface area contributed by atoms with Gasteiger partial charge in [-0.1, -0.05) is 30.3 Å². The van der Waals surface area contributed by atoms with Crippen LogP contribution in [0.5, 0.6) is 11.5 Å². The summed E-state index contributed by atoms with van der Waals surface area (Å²) in [6.07, 6.45) is 5.12. The summed E-state index contributed by atoms with van der Waals surface area (Å²) in [7, 11) is 5.35. The van der Waals surface area contributed by atoms with E-state index in [0.29, 0.717) is 43.9 Å². The fourth-order valence-corrected chi connectivity index (χ4v) is 5.82. The van der Waals surface area contributed by atoms with Crippen molar-refractivity contribution >= 4 is 23.8 Å². The lowest BCUT2D eigenvalue weighted by molar-refractivity contribution is -0.150. The van der Waals surface area contributed by atoms with Crippen molar-refractivity contribution in [2.75, 3.05) is 34.3 Å². The molecule has 3 heterocycles. The van der Waals surface area contributed by atoms with Crippen LogP contribution in [0.4, 0.5) is 0 Å². The molecule has 0 aliphatic carbocycles. The number of carbonyl (C=O) groups excluding carboxylic acids is 3. The zero-order valence-electron chi connectivity index (χ0n) is 22.7. The number of hydrogen-bond donors (Lipinski definition) is 1. The lowest BCUT2D eigenvalue weighted by Crippen LogP contribution is -2.58. The number of likely N-dealkylation sites (N-methyl/N-ethyl adjacent to an activating group) is 1. The van der Waals surface area contributed by atoms with Gasteiger partial charge in [-0.3, -0.25) is 19.3 Å². The molecule has 3 aliphatic heterocycles. The second-order valence-electron chi connectivity index (χ2n) is 10.5. The minimum atomic E-state index is -0.830. The van der Waals surface area contributed by atoms with E-state index in [-0.39, 0.29) is 17.7 Å². The summed E-state index contributed by atoms with van der Waals surface area (Å²) in [6, 6.07) is 13.4. The molecule has 39 heavy (non-hydrogen) atoms. The molecule has 206 valence electrons. The number of methoxy groups -OCH3 is 1. The monoisotopic (exact) mass is 532 g/mol. The Hall–Kier alpha value is -3.85. The highest BCUT2D eigenvalue weighted by atomic mass is 16.5. The molecule has 0 saturated carbocycles. The van der Waals surface area contributed by atoms with Crippen molar-refractivity contribution in [3.05, 3.63) is 65.9 Å². The molecule has 4 atom stereocenters. The van der Waals surface area contributed by atoms with E-state index >= 15 is 0 Å². The number of amides is 3. The second-order valence-corrected chi connectivity index (χ2v) is 10.5. The fraction of sp³-hybridized carbons (Fsp3) is 0.433. The van der Waals surface area contributed by atoms with Gasteiger partial charge in [0.25, 0.3) is 0 Å². The van der Waals surface area contributed by atoms with Crippen LogP contribution in [-0.4, -0.2) is 90.9 Å². The number of benzene rings is 2. The maximum atomic E-state index is 14.2. The Morgan fingerprint density at radius 3 is 2.67 bits per heavy atom. The summed E-state index contributed by atoms with van der Waals surface area (Å²) in [6.45, 7) is 0.862. The minimum absolute atomic E-state index is 0.116. The lowest BCUT2D eigenvalue weighted by Gasteiger charge is -2.35. The number of carbonyl (C=O) groups is 3. The van der Waals surface area contributed by atoms with Gasteiger partial charge in [-0.2, -0.15) is 0 Å². The standard InChI is InChI=1S/C30H36N4O5/c1-32(2)24(18-20-8-5-4-6-9-20)29(36)34-17-14-26-27(34)30(37)33-16-7-10-23(33)28(35)31-15-13-21-19-22(39-26)11-12-25(21)38-3/h4-6,8-9,11-13,15,19,23-24,26-27H,7,10,14,16-18H2,1-3H3,(H,31,35). The maximum absolute atomic E-state index is 14.2. The van der Waals surface area contributed by atoms with Crippen molar-refractivity contribution in [1.29, 1.82) is 0 Å². The molecule has 4 unspecified atom stereocenters. The van der Waals surface area contributed by atoms with E-state index in [9.17, 15) is 14.4 Å². The highest BCUT2D eigenvalue weighted by Gasteiger charge is 2.49. The number of fused-ring (bicyclic) bond motifs is 4. The molecule has 5 rings (SSSR count). The smallest absolute Gasteiger partial charge is 0.249 e. The Morgan fingerprint density at radius 1 is 1.13 bits per heavy atom. The predicted octanol–water partition coefficient (Wildman–Crippen LogP) is 2.31. The van der Waals surface area contributed by atoms with Gasteiger partial charge in [0.15, 0.2) is 0 Å². The van der Waals surface area contributed by atoms with E-state index < -0.39 is 24.2 Å². The largest absolute Gasteiger partial charge is 0.496 e. The molecular formula is C30H36N4O5. The third-order valence-corrected chi connectivity index (χ3v) is 7.87. The van der Waals surface area contributed by atoms with Crippen molar-refractivity contribution in [2.24, 2.45) is 0 Å². The first-order chi connectivity index (χ1) is 18.9. The van der Waals surface area contributed by atoms with Crippen LogP contribution in [0.1, 0.15) is 30.4 Å². The van der Waals surface area contributed by atoms with Crippen molar-refractivity contribution in [3.8, 4) is 11.5 Å². The Bertz CT molecular complexity index is 1250.